The maximum atomic E-state index is 10.9. The van der Waals surface area contributed by atoms with Crippen LogP contribution in [-0.4, -0.2) is 41.7 Å². The van der Waals surface area contributed by atoms with E-state index in [0.717, 1.165) is 19.5 Å². The molecule has 1 saturated heterocycles. The normalized spacial score (nSPS) is 25.1. The van der Waals surface area contributed by atoms with E-state index < -0.39 is 12.0 Å². The summed E-state index contributed by atoms with van der Waals surface area (Å²) < 4.78 is 0. The van der Waals surface area contributed by atoms with Gasteiger partial charge in [0.25, 0.3) is 0 Å². The van der Waals surface area contributed by atoms with Crippen LogP contribution in [0.5, 0.6) is 0 Å². The van der Waals surface area contributed by atoms with Crippen molar-refractivity contribution in [2.24, 2.45) is 11.7 Å². The molecule has 2 atom stereocenters. The van der Waals surface area contributed by atoms with E-state index in [-0.39, 0.29) is 6.54 Å². The van der Waals surface area contributed by atoms with Gasteiger partial charge in [0.05, 0.1) is 0 Å². The Morgan fingerprint density at radius 3 is 2.93 bits per heavy atom. The lowest BCUT2D eigenvalue weighted by molar-refractivity contribution is -0.142. The molecule has 2 unspecified atom stereocenters. The average Bonchev–Trinajstić information content (AvgIpc) is 2.54. The number of nitrogens with zero attached hydrogens (tertiary/aromatic N) is 1. The van der Waals surface area contributed by atoms with E-state index in [1.165, 1.54) is 12.8 Å². The summed E-state index contributed by atoms with van der Waals surface area (Å²) in [6.07, 6.45) is 3.50. The number of carboxylic acid groups (broad SMARTS) is 1. The number of carboxylic acids is 1. The molecule has 0 aromatic rings. The minimum absolute atomic E-state index is 0.216. The zero-order chi connectivity index (χ0) is 10.6. The second-order valence-electron chi connectivity index (χ2n) is 4.03. The average molecular weight is 200 g/mol. The van der Waals surface area contributed by atoms with Gasteiger partial charge in [-0.2, -0.15) is 0 Å². The molecule has 82 valence electrons. The van der Waals surface area contributed by atoms with Crippen molar-refractivity contribution in [2.75, 3.05) is 19.6 Å². The van der Waals surface area contributed by atoms with Gasteiger partial charge in [-0.3, -0.25) is 9.69 Å². The van der Waals surface area contributed by atoms with E-state index in [0.29, 0.717) is 5.92 Å². The van der Waals surface area contributed by atoms with E-state index in [1.54, 1.807) is 0 Å². The molecule has 0 radical (unpaired) electrons. The Morgan fingerprint density at radius 2 is 2.43 bits per heavy atom. The highest BCUT2D eigenvalue weighted by Crippen LogP contribution is 2.22. The molecule has 0 aromatic carbocycles. The monoisotopic (exact) mass is 200 g/mol. The summed E-state index contributed by atoms with van der Waals surface area (Å²) in [7, 11) is 0. The van der Waals surface area contributed by atoms with Crippen LogP contribution in [0.2, 0.25) is 0 Å². The maximum absolute atomic E-state index is 10.9. The van der Waals surface area contributed by atoms with Crippen LogP contribution in [0, 0.1) is 5.92 Å². The third-order valence-corrected chi connectivity index (χ3v) is 2.96. The molecule has 1 rings (SSSR count). The lowest BCUT2D eigenvalue weighted by Gasteiger charge is -2.22. The van der Waals surface area contributed by atoms with Crippen molar-refractivity contribution >= 4 is 5.97 Å². The fourth-order valence-corrected chi connectivity index (χ4v) is 2.20. The van der Waals surface area contributed by atoms with Gasteiger partial charge in [0, 0.05) is 13.1 Å². The summed E-state index contributed by atoms with van der Waals surface area (Å²) in [6.45, 7) is 4.18. The van der Waals surface area contributed by atoms with Crippen LogP contribution in [0.15, 0.2) is 0 Å². The lowest BCUT2D eigenvalue weighted by atomic mass is 10.0. The SMILES string of the molecule is CCCC1CCN(C(CN)C(=O)O)C1. The predicted octanol–water partition coefficient (Wildman–Crippen LogP) is 0.520. The first-order chi connectivity index (χ1) is 6.69. The molecule has 1 fully saturated rings. The van der Waals surface area contributed by atoms with Crippen LogP contribution in [0.4, 0.5) is 0 Å². The molecular weight excluding hydrogens is 180 g/mol. The summed E-state index contributed by atoms with van der Waals surface area (Å²) >= 11 is 0. The first-order valence-electron chi connectivity index (χ1n) is 5.36. The number of rotatable bonds is 5. The minimum Gasteiger partial charge on any atom is -0.480 e. The molecule has 4 nitrogen and oxygen atoms in total. The quantitative estimate of drug-likeness (QED) is 0.679. The molecule has 1 aliphatic heterocycles. The van der Waals surface area contributed by atoms with Crippen molar-refractivity contribution in [1.29, 1.82) is 0 Å². The number of nitrogens with two attached hydrogens (primary N) is 1. The number of likely N-dealkylation sites (tertiary alicyclic amines) is 1. The standard InChI is InChI=1S/C10H20N2O2/c1-2-3-8-4-5-12(7-8)9(6-11)10(13)14/h8-9H,2-7,11H2,1H3,(H,13,14). The highest BCUT2D eigenvalue weighted by molar-refractivity contribution is 5.73. The van der Waals surface area contributed by atoms with Crippen LogP contribution in [-0.2, 0) is 4.79 Å². The van der Waals surface area contributed by atoms with Gasteiger partial charge in [-0.1, -0.05) is 13.3 Å². The zero-order valence-corrected chi connectivity index (χ0v) is 8.78. The summed E-state index contributed by atoms with van der Waals surface area (Å²) in [5.74, 6) is -0.113. The molecule has 1 aliphatic rings. The lowest BCUT2D eigenvalue weighted by Crippen LogP contribution is -2.44. The molecule has 0 amide bonds. The smallest absolute Gasteiger partial charge is 0.322 e. The number of hydrogen-bond donors (Lipinski definition) is 2. The number of aliphatic carboxylic acids is 1. The van der Waals surface area contributed by atoms with Crippen LogP contribution in [0.1, 0.15) is 26.2 Å². The van der Waals surface area contributed by atoms with Crippen molar-refractivity contribution in [3.05, 3.63) is 0 Å². The first-order valence-corrected chi connectivity index (χ1v) is 5.36. The van der Waals surface area contributed by atoms with Gasteiger partial charge < -0.3 is 10.8 Å². The molecular formula is C10H20N2O2. The van der Waals surface area contributed by atoms with Crippen molar-refractivity contribution < 1.29 is 9.90 Å². The van der Waals surface area contributed by atoms with Crippen molar-refractivity contribution in [3.63, 3.8) is 0 Å². The molecule has 0 aromatic heterocycles. The van der Waals surface area contributed by atoms with Crippen LogP contribution in [0.25, 0.3) is 0 Å². The molecule has 0 saturated carbocycles. The van der Waals surface area contributed by atoms with Gasteiger partial charge in [0.2, 0.25) is 0 Å². The van der Waals surface area contributed by atoms with Gasteiger partial charge in [-0.15, -0.1) is 0 Å². The molecule has 0 spiro atoms. The van der Waals surface area contributed by atoms with E-state index in [9.17, 15) is 4.79 Å². The van der Waals surface area contributed by atoms with Gasteiger partial charge in [0.15, 0.2) is 0 Å². The third kappa shape index (κ3) is 2.69. The largest absolute Gasteiger partial charge is 0.480 e. The molecule has 1 heterocycles. The Balaban J connectivity index is 2.43. The second-order valence-corrected chi connectivity index (χ2v) is 4.03. The Hall–Kier alpha value is -0.610. The van der Waals surface area contributed by atoms with E-state index >= 15 is 0 Å². The second kappa shape index (κ2) is 5.32. The summed E-state index contributed by atoms with van der Waals surface area (Å²) in [6, 6.07) is -0.475. The van der Waals surface area contributed by atoms with Gasteiger partial charge in [-0.05, 0) is 25.3 Å². The fourth-order valence-electron chi connectivity index (χ4n) is 2.20. The zero-order valence-electron chi connectivity index (χ0n) is 8.78. The Bertz CT molecular complexity index is 197. The van der Waals surface area contributed by atoms with E-state index in [1.807, 2.05) is 4.90 Å². The van der Waals surface area contributed by atoms with E-state index in [2.05, 4.69) is 6.92 Å². The number of hydrogen-bond acceptors (Lipinski definition) is 3. The Kier molecular flexibility index (Phi) is 4.35. The summed E-state index contributed by atoms with van der Waals surface area (Å²) in [4.78, 5) is 12.9. The van der Waals surface area contributed by atoms with Crippen LogP contribution >= 0.6 is 0 Å². The Morgan fingerprint density at radius 1 is 1.71 bits per heavy atom. The van der Waals surface area contributed by atoms with E-state index in [4.69, 9.17) is 10.8 Å². The molecule has 0 aliphatic carbocycles. The molecule has 14 heavy (non-hydrogen) atoms. The first kappa shape index (κ1) is 11.5. The third-order valence-electron chi connectivity index (χ3n) is 2.96. The van der Waals surface area contributed by atoms with Gasteiger partial charge in [-0.25, -0.2) is 0 Å². The topological polar surface area (TPSA) is 66.6 Å². The highest BCUT2D eigenvalue weighted by atomic mass is 16.4. The maximum Gasteiger partial charge on any atom is 0.322 e. The Labute approximate surface area is 85.1 Å². The molecule has 3 N–H and O–H groups in total. The molecule has 4 heteroatoms. The van der Waals surface area contributed by atoms with Crippen molar-refractivity contribution in [2.45, 2.75) is 32.2 Å². The summed E-state index contributed by atoms with van der Waals surface area (Å²) in [5, 5.41) is 8.93. The fraction of sp³-hybridized carbons (Fsp3) is 0.900. The van der Waals surface area contributed by atoms with Crippen molar-refractivity contribution in [1.82, 2.24) is 4.90 Å². The minimum atomic E-state index is -0.787. The predicted molar refractivity (Wildman–Crippen MR) is 55.1 cm³/mol. The summed E-state index contributed by atoms with van der Waals surface area (Å²) in [5.41, 5.74) is 5.45. The highest BCUT2D eigenvalue weighted by Gasteiger charge is 2.30. The van der Waals surface area contributed by atoms with Crippen LogP contribution in [0.3, 0.4) is 0 Å². The van der Waals surface area contributed by atoms with Gasteiger partial charge >= 0.3 is 5.97 Å². The van der Waals surface area contributed by atoms with Crippen molar-refractivity contribution in [3.8, 4) is 0 Å². The van der Waals surface area contributed by atoms with Gasteiger partial charge in [0.1, 0.15) is 6.04 Å². The molecule has 0 bridgehead atoms. The van der Waals surface area contributed by atoms with Crippen LogP contribution < -0.4 is 5.73 Å². The number of carbonyl (C=O) groups is 1.